The molecule has 0 fully saturated rings. The highest BCUT2D eigenvalue weighted by atomic mass is 16.4. The summed E-state index contributed by atoms with van der Waals surface area (Å²) in [4.78, 5) is 12.9. The predicted octanol–water partition coefficient (Wildman–Crippen LogP) is 2.61. The van der Waals surface area contributed by atoms with E-state index in [1.807, 2.05) is 42.3 Å². The summed E-state index contributed by atoms with van der Waals surface area (Å²) in [6, 6.07) is 11.2. The molecule has 0 amide bonds. The zero-order valence-electron chi connectivity index (χ0n) is 9.46. The molecule has 88 valence electrons. The number of rotatable bonds is 4. The van der Waals surface area contributed by atoms with Crippen LogP contribution in [0, 0.1) is 0 Å². The quantitative estimate of drug-likeness (QED) is 0.878. The Kier molecular flexibility index (Phi) is 3.14. The Morgan fingerprint density at radius 2 is 2.00 bits per heavy atom. The third-order valence-corrected chi connectivity index (χ3v) is 2.55. The standard InChI is InChI=1S/C13H13NO3/c1-14(10-5-3-2-4-6-10)9-12-11(13(15)16)7-8-17-12/h2-8H,9H2,1H3,(H,15,16). The van der Waals surface area contributed by atoms with Crippen LogP contribution in [0.3, 0.4) is 0 Å². The molecule has 4 nitrogen and oxygen atoms in total. The van der Waals surface area contributed by atoms with Crippen LogP contribution in [0.4, 0.5) is 5.69 Å². The maximum absolute atomic E-state index is 10.9. The fourth-order valence-electron chi connectivity index (χ4n) is 1.64. The van der Waals surface area contributed by atoms with Gasteiger partial charge in [0.25, 0.3) is 0 Å². The second-order valence-corrected chi connectivity index (χ2v) is 3.75. The van der Waals surface area contributed by atoms with Crippen molar-refractivity contribution in [3.05, 3.63) is 54.0 Å². The molecular formula is C13H13NO3. The molecule has 2 aromatic rings. The number of nitrogens with zero attached hydrogens (tertiary/aromatic N) is 1. The van der Waals surface area contributed by atoms with Crippen LogP contribution in [-0.2, 0) is 6.54 Å². The van der Waals surface area contributed by atoms with Crippen molar-refractivity contribution in [3.8, 4) is 0 Å². The number of aromatic carboxylic acids is 1. The van der Waals surface area contributed by atoms with Crippen LogP contribution < -0.4 is 4.90 Å². The number of furan rings is 1. The Labute approximate surface area is 99.1 Å². The maximum Gasteiger partial charge on any atom is 0.339 e. The van der Waals surface area contributed by atoms with Crippen molar-refractivity contribution in [1.82, 2.24) is 0 Å². The van der Waals surface area contributed by atoms with Crippen LogP contribution in [0.15, 0.2) is 47.1 Å². The molecule has 1 heterocycles. The number of benzene rings is 1. The maximum atomic E-state index is 10.9. The normalized spacial score (nSPS) is 10.2. The first kappa shape index (κ1) is 11.3. The number of anilines is 1. The van der Waals surface area contributed by atoms with E-state index in [0.29, 0.717) is 12.3 Å². The molecule has 0 bridgehead atoms. The van der Waals surface area contributed by atoms with Gasteiger partial charge < -0.3 is 14.4 Å². The molecule has 0 aliphatic heterocycles. The van der Waals surface area contributed by atoms with Crippen molar-refractivity contribution in [2.24, 2.45) is 0 Å². The van der Waals surface area contributed by atoms with Gasteiger partial charge in [-0.1, -0.05) is 18.2 Å². The SMILES string of the molecule is CN(Cc1occc1C(=O)O)c1ccccc1. The number of para-hydroxylation sites is 1. The van der Waals surface area contributed by atoms with Gasteiger partial charge in [0.1, 0.15) is 11.3 Å². The van der Waals surface area contributed by atoms with E-state index >= 15 is 0 Å². The van der Waals surface area contributed by atoms with Crippen LogP contribution in [0.2, 0.25) is 0 Å². The summed E-state index contributed by atoms with van der Waals surface area (Å²) < 4.78 is 5.20. The minimum Gasteiger partial charge on any atom is -0.478 e. The van der Waals surface area contributed by atoms with E-state index in [9.17, 15) is 4.79 Å². The molecule has 0 aliphatic rings. The summed E-state index contributed by atoms with van der Waals surface area (Å²) in [5, 5.41) is 8.96. The molecule has 1 aromatic carbocycles. The Hall–Kier alpha value is -2.23. The summed E-state index contributed by atoms with van der Waals surface area (Å²) in [6.45, 7) is 0.429. The monoisotopic (exact) mass is 231 g/mol. The molecule has 1 aromatic heterocycles. The molecular weight excluding hydrogens is 218 g/mol. The second-order valence-electron chi connectivity index (χ2n) is 3.75. The molecule has 4 heteroatoms. The second kappa shape index (κ2) is 4.74. The van der Waals surface area contributed by atoms with Crippen LogP contribution in [0.1, 0.15) is 16.1 Å². The molecule has 17 heavy (non-hydrogen) atoms. The number of carboxylic acid groups (broad SMARTS) is 1. The Bertz CT molecular complexity index is 504. The zero-order chi connectivity index (χ0) is 12.3. The highest BCUT2D eigenvalue weighted by Gasteiger charge is 2.14. The lowest BCUT2D eigenvalue weighted by molar-refractivity contribution is 0.0694. The Morgan fingerprint density at radius 3 is 2.65 bits per heavy atom. The molecule has 0 atom stereocenters. The van der Waals surface area contributed by atoms with E-state index in [2.05, 4.69) is 0 Å². The zero-order valence-corrected chi connectivity index (χ0v) is 9.46. The molecule has 0 saturated carbocycles. The number of carbonyl (C=O) groups is 1. The van der Waals surface area contributed by atoms with Crippen molar-refractivity contribution >= 4 is 11.7 Å². The molecule has 0 unspecified atom stereocenters. The molecule has 2 rings (SSSR count). The summed E-state index contributed by atoms with van der Waals surface area (Å²) >= 11 is 0. The van der Waals surface area contributed by atoms with E-state index in [0.717, 1.165) is 5.69 Å². The average molecular weight is 231 g/mol. The van der Waals surface area contributed by atoms with Gasteiger partial charge in [-0.25, -0.2) is 4.79 Å². The van der Waals surface area contributed by atoms with Crippen LogP contribution in [0.5, 0.6) is 0 Å². The minimum absolute atomic E-state index is 0.216. The van der Waals surface area contributed by atoms with Gasteiger partial charge in [-0.05, 0) is 18.2 Å². The molecule has 1 N–H and O–H groups in total. The third-order valence-electron chi connectivity index (χ3n) is 2.55. The van der Waals surface area contributed by atoms with Crippen molar-refractivity contribution in [1.29, 1.82) is 0 Å². The fourth-order valence-corrected chi connectivity index (χ4v) is 1.64. The van der Waals surface area contributed by atoms with Gasteiger partial charge in [-0.3, -0.25) is 0 Å². The van der Waals surface area contributed by atoms with Crippen LogP contribution in [-0.4, -0.2) is 18.1 Å². The van der Waals surface area contributed by atoms with Gasteiger partial charge in [0.15, 0.2) is 0 Å². The van der Waals surface area contributed by atoms with Gasteiger partial charge in [0, 0.05) is 12.7 Å². The van der Waals surface area contributed by atoms with E-state index in [1.165, 1.54) is 12.3 Å². The van der Waals surface area contributed by atoms with Crippen molar-refractivity contribution < 1.29 is 14.3 Å². The number of hydrogen-bond donors (Lipinski definition) is 1. The van der Waals surface area contributed by atoms with E-state index in [1.54, 1.807) is 0 Å². The summed E-state index contributed by atoms with van der Waals surface area (Å²) in [5.74, 6) is -0.501. The van der Waals surface area contributed by atoms with E-state index in [4.69, 9.17) is 9.52 Å². The first-order chi connectivity index (χ1) is 8.18. The predicted molar refractivity (Wildman–Crippen MR) is 64.2 cm³/mol. The lowest BCUT2D eigenvalue weighted by atomic mass is 10.2. The lowest BCUT2D eigenvalue weighted by Crippen LogP contribution is -2.17. The first-order valence-corrected chi connectivity index (χ1v) is 5.24. The topological polar surface area (TPSA) is 53.7 Å². The van der Waals surface area contributed by atoms with Crippen molar-refractivity contribution in [2.75, 3.05) is 11.9 Å². The highest BCUT2D eigenvalue weighted by Crippen LogP contribution is 2.17. The number of hydrogen-bond acceptors (Lipinski definition) is 3. The largest absolute Gasteiger partial charge is 0.478 e. The van der Waals surface area contributed by atoms with Gasteiger partial charge >= 0.3 is 5.97 Å². The molecule has 0 spiro atoms. The van der Waals surface area contributed by atoms with Crippen molar-refractivity contribution in [2.45, 2.75) is 6.54 Å². The number of carboxylic acids is 1. The molecule has 0 radical (unpaired) electrons. The van der Waals surface area contributed by atoms with Crippen LogP contribution in [0.25, 0.3) is 0 Å². The minimum atomic E-state index is -0.963. The van der Waals surface area contributed by atoms with Gasteiger partial charge in [0.2, 0.25) is 0 Å². The van der Waals surface area contributed by atoms with Gasteiger partial charge in [-0.2, -0.15) is 0 Å². The Morgan fingerprint density at radius 1 is 1.29 bits per heavy atom. The molecule has 0 saturated heterocycles. The lowest BCUT2D eigenvalue weighted by Gasteiger charge is -2.17. The van der Waals surface area contributed by atoms with Gasteiger partial charge in [-0.15, -0.1) is 0 Å². The summed E-state index contributed by atoms with van der Waals surface area (Å²) in [7, 11) is 1.89. The molecule has 0 aliphatic carbocycles. The first-order valence-electron chi connectivity index (χ1n) is 5.24. The summed E-state index contributed by atoms with van der Waals surface area (Å²) in [6.07, 6.45) is 1.40. The van der Waals surface area contributed by atoms with E-state index < -0.39 is 5.97 Å². The van der Waals surface area contributed by atoms with Crippen LogP contribution >= 0.6 is 0 Å². The van der Waals surface area contributed by atoms with Gasteiger partial charge in [0.05, 0.1) is 12.8 Å². The van der Waals surface area contributed by atoms with Crippen molar-refractivity contribution in [3.63, 3.8) is 0 Å². The third kappa shape index (κ3) is 2.47. The fraction of sp³-hybridized carbons (Fsp3) is 0.154. The Balaban J connectivity index is 2.16. The van der Waals surface area contributed by atoms with E-state index in [-0.39, 0.29) is 5.56 Å². The highest BCUT2D eigenvalue weighted by molar-refractivity contribution is 5.88. The smallest absolute Gasteiger partial charge is 0.339 e. The summed E-state index contributed by atoms with van der Waals surface area (Å²) in [5.41, 5.74) is 1.23. The average Bonchev–Trinajstić information content (AvgIpc) is 2.78.